The van der Waals surface area contributed by atoms with E-state index in [1.165, 1.54) is 0 Å². The van der Waals surface area contributed by atoms with Gasteiger partial charge in [0.15, 0.2) is 0 Å². The van der Waals surface area contributed by atoms with E-state index in [9.17, 15) is 0 Å². The summed E-state index contributed by atoms with van der Waals surface area (Å²) >= 11 is 0. The zero-order chi connectivity index (χ0) is 5.15. The van der Waals surface area contributed by atoms with Crippen LogP contribution in [0.4, 0.5) is 0 Å². The first-order chi connectivity index (χ1) is 2.64. The van der Waals surface area contributed by atoms with E-state index in [0.29, 0.717) is 0 Å². The molecule has 6 heavy (non-hydrogen) atoms. The Morgan fingerprint density at radius 3 is 1.33 bits per heavy atom. The van der Waals surface area contributed by atoms with Crippen LogP contribution in [0.3, 0.4) is 0 Å². The van der Waals surface area contributed by atoms with Gasteiger partial charge in [0.05, 0.1) is 5.66 Å². The van der Waals surface area contributed by atoms with Crippen molar-refractivity contribution in [3.8, 4) is 0 Å². The fraction of sp³-hybridized carbons (Fsp3) is 1.00. The van der Waals surface area contributed by atoms with Gasteiger partial charge in [0.2, 0.25) is 0 Å². The molecule has 0 aromatic rings. The standard InChI is InChI=1S/C5H13P/c1-5(2)6(3)4/h5H,1-4H3/p+1. The fourth-order valence-electron chi connectivity index (χ4n) is 0. The Morgan fingerprint density at radius 1 is 1.17 bits per heavy atom. The molecule has 0 nitrogen and oxygen atoms in total. The molecule has 0 bridgehead atoms. The van der Waals surface area contributed by atoms with Crippen molar-refractivity contribution in [1.29, 1.82) is 0 Å². The molecule has 0 aliphatic carbocycles. The average molecular weight is 105 g/mol. The third-order valence-electron chi connectivity index (χ3n) is 1.15. The van der Waals surface area contributed by atoms with Crippen molar-refractivity contribution >= 4 is 7.92 Å². The first kappa shape index (κ1) is 6.43. The maximum absolute atomic E-state index is 2.34. The van der Waals surface area contributed by atoms with E-state index in [2.05, 4.69) is 27.2 Å². The van der Waals surface area contributed by atoms with Gasteiger partial charge in [0.25, 0.3) is 0 Å². The zero-order valence-electron chi connectivity index (χ0n) is 5.08. The van der Waals surface area contributed by atoms with Gasteiger partial charge in [0, 0.05) is 13.3 Å². The van der Waals surface area contributed by atoms with E-state index in [4.69, 9.17) is 0 Å². The summed E-state index contributed by atoms with van der Waals surface area (Å²) in [5.41, 5.74) is 0.954. The van der Waals surface area contributed by atoms with Crippen LogP contribution < -0.4 is 0 Å². The largest absolute Gasteiger partial charge is 0.0613 e. The number of hydrogen-bond acceptors (Lipinski definition) is 0. The van der Waals surface area contributed by atoms with E-state index in [1.807, 2.05) is 0 Å². The molecule has 0 atom stereocenters. The van der Waals surface area contributed by atoms with Gasteiger partial charge in [0.1, 0.15) is 0 Å². The van der Waals surface area contributed by atoms with Crippen molar-refractivity contribution in [2.75, 3.05) is 13.3 Å². The smallest absolute Gasteiger partial charge is 0.0287 e. The SMILES string of the molecule is CC(C)[PH+](C)C. The van der Waals surface area contributed by atoms with Crippen LogP contribution in [0.15, 0.2) is 0 Å². The Labute approximate surface area is 41.7 Å². The molecule has 0 heterocycles. The lowest BCUT2D eigenvalue weighted by molar-refractivity contribution is 1.10. The van der Waals surface area contributed by atoms with Gasteiger partial charge in [-0.2, -0.15) is 0 Å². The van der Waals surface area contributed by atoms with Gasteiger partial charge < -0.3 is 0 Å². The van der Waals surface area contributed by atoms with Crippen molar-refractivity contribution in [3.63, 3.8) is 0 Å². The van der Waals surface area contributed by atoms with Crippen LogP contribution in [0, 0.1) is 0 Å². The Kier molecular flexibility index (Phi) is 2.76. The van der Waals surface area contributed by atoms with E-state index in [0.717, 1.165) is 5.66 Å². The van der Waals surface area contributed by atoms with Gasteiger partial charge in [-0.3, -0.25) is 0 Å². The molecule has 0 aromatic heterocycles. The van der Waals surface area contributed by atoms with Crippen LogP contribution in [0.5, 0.6) is 0 Å². The molecule has 0 N–H and O–H groups in total. The zero-order valence-corrected chi connectivity index (χ0v) is 6.08. The van der Waals surface area contributed by atoms with Crippen LogP contribution >= 0.6 is 7.92 Å². The van der Waals surface area contributed by atoms with Crippen LogP contribution in [0.2, 0.25) is 0 Å². The minimum absolute atomic E-state index is 0.0484. The lowest BCUT2D eigenvalue weighted by atomic mass is 10.6. The van der Waals surface area contributed by atoms with Crippen LogP contribution in [0.1, 0.15) is 13.8 Å². The molecule has 0 amide bonds. The monoisotopic (exact) mass is 105 g/mol. The van der Waals surface area contributed by atoms with Crippen molar-refractivity contribution in [2.24, 2.45) is 0 Å². The summed E-state index contributed by atoms with van der Waals surface area (Å²) < 4.78 is 0. The van der Waals surface area contributed by atoms with Crippen molar-refractivity contribution in [1.82, 2.24) is 0 Å². The lowest BCUT2D eigenvalue weighted by Crippen LogP contribution is -1.86. The summed E-state index contributed by atoms with van der Waals surface area (Å²) in [6.45, 7) is 9.26. The first-order valence-corrected chi connectivity index (χ1v) is 5.02. The van der Waals surface area contributed by atoms with Crippen molar-refractivity contribution in [3.05, 3.63) is 0 Å². The number of rotatable bonds is 1. The molecular weight excluding hydrogens is 91.0 g/mol. The second-order valence-electron chi connectivity index (χ2n) is 2.23. The highest BCUT2D eigenvalue weighted by molar-refractivity contribution is 7.56. The summed E-state index contributed by atoms with van der Waals surface area (Å²) in [7, 11) is 0.0484. The quantitative estimate of drug-likeness (QED) is 0.446. The maximum Gasteiger partial charge on any atom is 0.0613 e. The van der Waals surface area contributed by atoms with Gasteiger partial charge >= 0.3 is 0 Å². The van der Waals surface area contributed by atoms with E-state index in [1.54, 1.807) is 0 Å². The minimum Gasteiger partial charge on any atom is -0.0287 e. The van der Waals surface area contributed by atoms with E-state index in [-0.39, 0.29) is 7.92 Å². The fourth-order valence-corrected chi connectivity index (χ4v) is 0. The molecule has 0 aliphatic rings. The van der Waals surface area contributed by atoms with Gasteiger partial charge in [-0.25, -0.2) is 0 Å². The second kappa shape index (κ2) is 2.58. The molecular formula is C5H14P+. The third kappa shape index (κ3) is 2.66. The van der Waals surface area contributed by atoms with Crippen LogP contribution in [-0.2, 0) is 0 Å². The molecule has 0 radical (unpaired) electrons. The van der Waals surface area contributed by atoms with Crippen molar-refractivity contribution in [2.45, 2.75) is 19.5 Å². The summed E-state index contributed by atoms with van der Waals surface area (Å²) in [6, 6.07) is 0. The topological polar surface area (TPSA) is 0 Å². The predicted molar refractivity (Wildman–Crippen MR) is 35.3 cm³/mol. The molecule has 0 saturated heterocycles. The highest BCUT2D eigenvalue weighted by Gasteiger charge is 2.03. The van der Waals surface area contributed by atoms with E-state index >= 15 is 0 Å². The highest BCUT2D eigenvalue weighted by atomic mass is 31.1. The van der Waals surface area contributed by atoms with Gasteiger partial charge in [-0.1, -0.05) is 0 Å². The summed E-state index contributed by atoms with van der Waals surface area (Å²) in [6.07, 6.45) is 0. The molecule has 0 unspecified atom stereocenters. The Hall–Kier alpha value is 0.430. The first-order valence-electron chi connectivity index (χ1n) is 2.44. The number of hydrogen-bond donors (Lipinski definition) is 0. The Balaban J connectivity index is 2.99. The Bertz CT molecular complexity index is 24.9. The summed E-state index contributed by atoms with van der Waals surface area (Å²) in [5, 5.41) is 0. The molecule has 0 aromatic carbocycles. The maximum atomic E-state index is 2.34. The predicted octanol–water partition coefficient (Wildman–Crippen LogP) is 1.87. The molecule has 1 heteroatoms. The summed E-state index contributed by atoms with van der Waals surface area (Å²) in [5.74, 6) is 0. The van der Waals surface area contributed by atoms with Crippen LogP contribution in [-0.4, -0.2) is 19.0 Å². The normalized spacial score (nSPS) is 11.0. The molecule has 0 spiro atoms. The van der Waals surface area contributed by atoms with Crippen molar-refractivity contribution < 1.29 is 0 Å². The molecule has 0 saturated carbocycles. The van der Waals surface area contributed by atoms with E-state index < -0.39 is 0 Å². The molecule has 0 fully saturated rings. The molecule has 38 valence electrons. The van der Waals surface area contributed by atoms with Gasteiger partial charge in [-0.05, 0) is 21.8 Å². The summed E-state index contributed by atoms with van der Waals surface area (Å²) in [4.78, 5) is 0. The molecule has 0 aliphatic heterocycles. The second-order valence-corrected chi connectivity index (χ2v) is 5.54. The lowest BCUT2D eigenvalue weighted by Gasteiger charge is -1.98. The molecule has 0 rings (SSSR count). The van der Waals surface area contributed by atoms with Gasteiger partial charge in [-0.15, -0.1) is 0 Å². The minimum atomic E-state index is 0.0484. The Morgan fingerprint density at radius 2 is 1.33 bits per heavy atom. The third-order valence-corrected chi connectivity index (χ3v) is 3.46. The highest BCUT2D eigenvalue weighted by Crippen LogP contribution is 2.30. The van der Waals surface area contributed by atoms with Crippen LogP contribution in [0.25, 0.3) is 0 Å². The average Bonchev–Trinajstić information content (AvgIpc) is 1.36.